The summed E-state index contributed by atoms with van der Waals surface area (Å²) in [5, 5.41) is 10.1. The minimum Gasteiger partial charge on any atom is -0.465 e. The van der Waals surface area contributed by atoms with Crippen LogP contribution in [0.15, 0.2) is 0 Å². The average molecular weight is 293 g/mol. The molecule has 2 heterocycles. The zero-order valence-electron chi connectivity index (χ0n) is 12.0. The lowest BCUT2D eigenvalue weighted by molar-refractivity contribution is 0.0607. The zero-order chi connectivity index (χ0) is 14.9. The van der Waals surface area contributed by atoms with Crippen LogP contribution in [0.3, 0.4) is 0 Å². The number of piperidine rings is 1. The minimum atomic E-state index is -0.479. The Morgan fingerprint density at radius 1 is 1.45 bits per heavy atom. The van der Waals surface area contributed by atoms with Gasteiger partial charge < -0.3 is 15.4 Å². The van der Waals surface area contributed by atoms with Gasteiger partial charge in [-0.15, -0.1) is 11.3 Å². The van der Waals surface area contributed by atoms with Gasteiger partial charge in [0.05, 0.1) is 12.8 Å². The highest BCUT2D eigenvalue weighted by Gasteiger charge is 2.30. The number of thiophene rings is 1. The molecule has 20 heavy (non-hydrogen) atoms. The van der Waals surface area contributed by atoms with Crippen LogP contribution in [0.2, 0.25) is 0 Å². The molecule has 0 aromatic carbocycles. The number of nitrogens with zero attached hydrogens (tertiary/aromatic N) is 2. The number of rotatable bonds is 2. The molecule has 0 spiro atoms. The van der Waals surface area contributed by atoms with E-state index in [1.54, 1.807) is 0 Å². The van der Waals surface area contributed by atoms with Gasteiger partial charge in [0.25, 0.3) is 0 Å². The second-order valence-corrected chi connectivity index (χ2v) is 6.78. The monoisotopic (exact) mass is 293 g/mol. The SMILES string of the molecule is COC(=O)c1sc(N2CCC(C)(C)CC2)c(C#N)c1N. The molecular weight excluding hydrogens is 274 g/mol. The number of carbonyl (C=O) groups is 1. The molecule has 1 aliphatic rings. The maximum atomic E-state index is 11.7. The number of anilines is 2. The smallest absolute Gasteiger partial charge is 0.350 e. The van der Waals surface area contributed by atoms with Gasteiger partial charge in [-0.1, -0.05) is 13.8 Å². The standard InChI is InChI=1S/C14H19N3O2S/c1-14(2)4-6-17(7-5-14)12-9(8-15)10(16)11(20-12)13(18)19-3/h4-7,16H2,1-3H3. The molecule has 1 saturated heterocycles. The first kappa shape index (κ1) is 14.7. The number of methoxy groups -OCH3 is 1. The van der Waals surface area contributed by atoms with Crippen LogP contribution in [-0.2, 0) is 4.74 Å². The lowest BCUT2D eigenvalue weighted by Crippen LogP contribution is -2.37. The van der Waals surface area contributed by atoms with Crippen LogP contribution in [-0.4, -0.2) is 26.2 Å². The molecule has 1 aromatic heterocycles. The van der Waals surface area contributed by atoms with Gasteiger partial charge in [0.2, 0.25) is 0 Å². The van der Waals surface area contributed by atoms with Crippen LogP contribution >= 0.6 is 11.3 Å². The fourth-order valence-electron chi connectivity index (χ4n) is 2.32. The third kappa shape index (κ3) is 2.59. The van der Waals surface area contributed by atoms with E-state index in [1.807, 2.05) is 0 Å². The number of hydrogen-bond donors (Lipinski definition) is 1. The van der Waals surface area contributed by atoms with E-state index in [4.69, 9.17) is 10.5 Å². The van der Waals surface area contributed by atoms with Gasteiger partial charge in [0, 0.05) is 13.1 Å². The highest BCUT2D eigenvalue weighted by atomic mass is 32.1. The van der Waals surface area contributed by atoms with Crippen molar-refractivity contribution < 1.29 is 9.53 Å². The summed E-state index contributed by atoms with van der Waals surface area (Å²) < 4.78 is 4.71. The molecular formula is C14H19N3O2S. The summed E-state index contributed by atoms with van der Waals surface area (Å²) in [6.07, 6.45) is 2.12. The van der Waals surface area contributed by atoms with E-state index in [0.29, 0.717) is 15.9 Å². The van der Waals surface area contributed by atoms with E-state index in [1.165, 1.54) is 18.4 Å². The first-order valence-corrected chi connectivity index (χ1v) is 7.37. The lowest BCUT2D eigenvalue weighted by Gasteiger charge is -2.37. The second-order valence-electron chi connectivity index (χ2n) is 5.78. The highest BCUT2D eigenvalue weighted by Crippen LogP contribution is 2.41. The maximum Gasteiger partial charge on any atom is 0.350 e. The normalized spacial score (nSPS) is 17.6. The van der Waals surface area contributed by atoms with Crippen molar-refractivity contribution in [2.45, 2.75) is 26.7 Å². The number of esters is 1. The van der Waals surface area contributed by atoms with Crippen molar-refractivity contribution >= 4 is 28.0 Å². The van der Waals surface area contributed by atoms with Crippen LogP contribution in [0.4, 0.5) is 10.7 Å². The Bertz CT molecular complexity index is 562. The van der Waals surface area contributed by atoms with Gasteiger partial charge in [-0.25, -0.2) is 4.79 Å². The van der Waals surface area contributed by atoms with Crippen molar-refractivity contribution in [2.75, 3.05) is 30.8 Å². The highest BCUT2D eigenvalue weighted by molar-refractivity contribution is 7.18. The van der Waals surface area contributed by atoms with E-state index in [9.17, 15) is 10.1 Å². The number of nitrogen functional groups attached to an aromatic ring is 1. The summed E-state index contributed by atoms with van der Waals surface area (Å²) in [7, 11) is 1.32. The maximum absolute atomic E-state index is 11.7. The summed E-state index contributed by atoms with van der Waals surface area (Å²) >= 11 is 1.25. The molecule has 1 aliphatic heterocycles. The average Bonchev–Trinajstić information content (AvgIpc) is 2.75. The molecule has 1 aromatic rings. The van der Waals surface area contributed by atoms with Crippen molar-refractivity contribution in [3.63, 3.8) is 0 Å². The molecule has 2 N–H and O–H groups in total. The number of nitrogens with two attached hydrogens (primary N) is 1. The summed E-state index contributed by atoms with van der Waals surface area (Å²) in [5.74, 6) is -0.479. The molecule has 0 radical (unpaired) electrons. The summed E-state index contributed by atoms with van der Waals surface area (Å²) in [6.45, 7) is 6.25. The second kappa shape index (κ2) is 5.33. The Hall–Kier alpha value is -1.74. The molecule has 0 unspecified atom stereocenters. The molecule has 108 valence electrons. The van der Waals surface area contributed by atoms with Gasteiger partial charge in [0.15, 0.2) is 0 Å². The first-order chi connectivity index (χ1) is 9.39. The Morgan fingerprint density at radius 3 is 2.55 bits per heavy atom. The number of ether oxygens (including phenoxy) is 1. The molecule has 0 amide bonds. The summed E-state index contributed by atoms with van der Waals surface area (Å²) in [4.78, 5) is 14.2. The van der Waals surface area contributed by atoms with E-state index in [-0.39, 0.29) is 5.69 Å². The third-order valence-corrected chi connectivity index (χ3v) is 5.06. The van der Waals surface area contributed by atoms with Crippen molar-refractivity contribution in [1.82, 2.24) is 0 Å². The Labute approximate surface area is 122 Å². The van der Waals surface area contributed by atoms with Crippen molar-refractivity contribution in [3.05, 3.63) is 10.4 Å². The Kier molecular flexibility index (Phi) is 3.91. The zero-order valence-corrected chi connectivity index (χ0v) is 12.8. The van der Waals surface area contributed by atoms with E-state index in [2.05, 4.69) is 24.8 Å². The molecule has 2 rings (SSSR count). The van der Waals surface area contributed by atoms with Crippen LogP contribution in [0.25, 0.3) is 0 Å². The fraction of sp³-hybridized carbons (Fsp3) is 0.571. The molecule has 0 bridgehead atoms. The van der Waals surface area contributed by atoms with E-state index < -0.39 is 5.97 Å². The van der Waals surface area contributed by atoms with Crippen molar-refractivity contribution in [1.29, 1.82) is 5.26 Å². The van der Waals surface area contributed by atoms with Crippen molar-refractivity contribution in [2.24, 2.45) is 5.41 Å². The topological polar surface area (TPSA) is 79.3 Å². The molecule has 5 nitrogen and oxygen atoms in total. The predicted molar refractivity (Wildman–Crippen MR) is 80.0 cm³/mol. The molecule has 6 heteroatoms. The fourth-order valence-corrected chi connectivity index (χ4v) is 3.46. The Morgan fingerprint density at radius 2 is 2.05 bits per heavy atom. The lowest BCUT2D eigenvalue weighted by atomic mass is 9.83. The molecule has 0 atom stereocenters. The van der Waals surface area contributed by atoms with Gasteiger partial charge >= 0.3 is 5.97 Å². The van der Waals surface area contributed by atoms with Gasteiger partial charge in [-0.3, -0.25) is 0 Å². The van der Waals surface area contributed by atoms with Gasteiger partial charge in [-0.2, -0.15) is 5.26 Å². The van der Waals surface area contributed by atoms with E-state index >= 15 is 0 Å². The molecule has 0 aliphatic carbocycles. The summed E-state index contributed by atoms with van der Waals surface area (Å²) in [5.41, 5.74) is 6.88. The van der Waals surface area contributed by atoms with Crippen molar-refractivity contribution in [3.8, 4) is 6.07 Å². The third-order valence-electron chi connectivity index (χ3n) is 3.81. The number of nitriles is 1. The predicted octanol–water partition coefficient (Wildman–Crippen LogP) is 2.61. The minimum absolute atomic E-state index is 0.240. The van der Waals surface area contributed by atoms with Gasteiger partial charge in [0.1, 0.15) is 21.5 Å². The van der Waals surface area contributed by atoms with Gasteiger partial charge in [-0.05, 0) is 18.3 Å². The van der Waals surface area contributed by atoms with Crippen LogP contribution < -0.4 is 10.6 Å². The first-order valence-electron chi connectivity index (χ1n) is 6.55. The molecule has 1 fully saturated rings. The number of carbonyl (C=O) groups excluding carboxylic acids is 1. The van der Waals surface area contributed by atoms with E-state index in [0.717, 1.165) is 30.9 Å². The summed E-state index contributed by atoms with van der Waals surface area (Å²) in [6, 6.07) is 2.12. The largest absolute Gasteiger partial charge is 0.465 e. The van der Waals surface area contributed by atoms with Crippen LogP contribution in [0.5, 0.6) is 0 Å². The Balaban J connectivity index is 2.33. The van der Waals surface area contributed by atoms with Crippen LogP contribution in [0, 0.1) is 16.7 Å². The quantitative estimate of drug-likeness (QED) is 0.848. The number of hydrogen-bond acceptors (Lipinski definition) is 6. The molecule has 0 saturated carbocycles. The van der Waals surface area contributed by atoms with Crippen LogP contribution in [0.1, 0.15) is 41.9 Å².